The number of nitrogens with one attached hydrogen (secondary N) is 1. The van der Waals surface area contributed by atoms with Crippen molar-refractivity contribution in [1.82, 2.24) is 5.32 Å². The number of ether oxygens (including phenoxy) is 1. The van der Waals surface area contributed by atoms with E-state index in [2.05, 4.69) is 10.1 Å². The molecule has 0 saturated carbocycles. The van der Waals surface area contributed by atoms with Crippen molar-refractivity contribution in [1.29, 1.82) is 0 Å². The van der Waals surface area contributed by atoms with E-state index in [9.17, 15) is 14.9 Å². The van der Waals surface area contributed by atoms with Crippen LogP contribution in [0.25, 0.3) is 0 Å². The summed E-state index contributed by atoms with van der Waals surface area (Å²) < 4.78 is 4.40. The number of methoxy groups -OCH3 is 1. The molecule has 0 heterocycles. The lowest BCUT2D eigenvalue weighted by atomic mass is 10.1. The van der Waals surface area contributed by atoms with Crippen LogP contribution in [0.1, 0.15) is 19.4 Å². The number of hydrogen-bond donors (Lipinski definition) is 1. The predicted octanol–water partition coefficient (Wildman–Crippen LogP) is 2.52. The summed E-state index contributed by atoms with van der Waals surface area (Å²) in [4.78, 5) is 20.7. The lowest BCUT2D eigenvalue weighted by Crippen LogP contribution is -2.25. The molecule has 0 radical (unpaired) electrons. The standard InChI is InChI=1S/C10H12N2O4.C2H6/c1-16-10(13)11-7-6-8-2-4-9(5-3-8)12(14)15;1-2/h2-5H,6-7H2,1H3,(H,11,13);1-2H3. The Hall–Kier alpha value is -2.11. The third-order valence-corrected chi connectivity index (χ3v) is 2.02. The molecule has 0 unspecified atom stereocenters. The number of amides is 1. The van der Waals surface area contributed by atoms with Crippen LogP contribution in [-0.4, -0.2) is 24.7 Å². The Morgan fingerprint density at radius 1 is 1.33 bits per heavy atom. The lowest BCUT2D eigenvalue weighted by Gasteiger charge is -2.03. The van der Waals surface area contributed by atoms with Crippen molar-refractivity contribution in [2.75, 3.05) is 13.7 Å². The van der Waals surface area contributed by atoms with Crippen LogP contribution in [0.15, 0.2) is 24.3 Å². The number of non-ortho nitro benzene ring substituents is 1. The molecule has 0 aliphatic carbocycles. The first-order valence-electron chi connectivity index (χ1n) is 5.68. The molecule has 0 saturated heterocycles. The van der Waals surface area contributed by atoms with Crippen LogP contribution in [0, 0.1) is 10.1 Å². The number of alkyl carbamates (subject to hydrolysis) is 1. The first-order chi connectivity index (χ1) is 8.63. The van der Waals surface area contributed by atoms with Crippen molar-refractivity contribution in [3.05, 3.63) is 39.9 Å². The van der Waals surface area contributed by atoms with Gasteiger partial charge in [-0.1, -0.05) is 26.0 Å². The molecule has 0 fully saturated rings. The van der Waals surface area contributed by atoms with Crippen molar-refractivity contribution < 1.29 is 14.5 Å². The third-order valence-electron chi connectivity index (χ3n) is 2.02. The molecular formula is C12H18N2O4. The molecule has 0 aliphatic heterocycles. The fourth-order valence-corrected chi connectivity index (χ4v) is 1.17. The van der Waals surface area contributed by atoms with Gasteiger partial charge >= 0.3 is 6.09 Å². The highest BCUT2D eigenvalue weighted by molar-refractivity contribution is 5.66. The molecule has 100 valence electrons. The molecule has 1 amide bonds. The SMILES string of the molecule is CC.COC(=O)NCCc1ccc([N+](=O)[O-])cc1. The van der Waals surface area contributed by atoms with Crippen LogP contribution in [0.4, 0.5) is 10.5 Å². The van der Waals surface area contributed by atoms with E-state index in [1.54, 1.807) is 12.1 Å². The fourth-order valence-electron chi connectivity index (χ4n) is 1.17. The maximum Gasteiger partial charge on any atom is 0.406 e. The summed E-state index contributed by atoms with van der Waals surface area (Å²) in [5, 5.41) is 12.9. The summed E-state index contributed by atoms with van der Waals surface area (Å²) in [6.07, 6.45) is 0.120. The van der Waals surface area contributed by atoms with E-state index >= 15 is 0 Å². The zero-order valence-corrected chi connectivity index (χ0v) is 10.8. The quantitative estimate of drug-likeness (QED) is 0.661. The predicted molar refractivity (Wildman–Crippen MR) is 68.6 cm³/mol. The van der Waals surface area contributed by atoms with Crippen LogP contribution in [0.3, 0.4) is 0 Å². The van der Waals surface area contributed by atoms with Gasteiger partial charge in [0.1, 0.15) is 0 Å². The van der Waals surface area contributed by atoms with Gasteiger partial charge in [0, 0.05) is 18.7 Å². The molecule has 1 N–H and O–H groups in total. The molecule has 0 aliphatic rings. The number of nitro benzene ring substituents is 1. The van der Waals surface area contributed by atoms with Gasteiger partial charge in [-0.3, -0.25) is 10.1 Å². The van der Waals surface area contributed by atoms with E-state index in [1.807, 2.05) is 13.8 Å². The number of rotatable bonds is 4. The van der Waals surface area contributed by atoms with Gasteiger partial charge in [-0.15, -0.1) is 0 Å². The van der Waals surface area contributed by atoms with Gasteiger partial charge in [0.05, 0.1) is 12.0 Å². The minimum absolute atomic E-state index is 0.0599. The van der Waals surface area contributed by atoms with E-state index in [0.29, 0.717) is 13.0 Å². The van der Waals surface area contributed by atoms with Crippen molar-refractivity contribution in [2.24, 2.45) is 0 Å². The number of nitro groups is 1. The second kappa shape index (κ2) is 8.98. The van der Waals surface area contributed by atoms with Gasteiger partial charge in [-0.25, -0.2) is 4.79 Å². The zero-order chi connectivity index (χ0) is 14.0. The first-order valence-corrected chi connectivity index (χ1v) is 5.68. The molecule has 1 aromatic carbocycles. The van der Waals surface area contributed by atoms with Crippen LogP contribution in [0.2, 0.25) is 0 Å². The molecule has 1 rings (SSSR count). The fraction of sp³-hybridized carbons (Fsp3) is 0.417. The van der Waals surface area contributed by atoms with E-state index in [4.69, 9.17) is 0 Å². The maximum atomic E-state index is 10.7. The second-order valence-corrected chi connectivity index (χ2v) is 3.09. The average molecular weight is 254 g/mol. The lowest BCUT2D eigenvalue weighted by molar-refractivity contribution is -0.384. The molecular weight excluding hydrogens is 236 g/mol. The molecule has 0 bridgehead atoms. The highest BCUT2D eigenvalue weighted by atomic mass is 16.6. The molecule has 0 spiro atoms. The monoisotopic (exact) mass is 254 g/mol. The Labute approximate surface area is 106 Å². The molecule has 0 aromatic heterocycles. The number of hydrogen-bond acceptors (Lipinski definition) is 4. The molecule has 6 nitrogen and oxygen atoms in total. The Kier molecular flexibility index (Phi) is 7.92. The molecule has 1 aromatic rings. The van der Waals surface area contributed by atoms with Crippen LogP contribution in [-0.2, 0) is 11.2 Å². The Morgan fingerprint density at radius 2 is 1.89 bits per heavy atom. The maximum absolute atomic E-state index is 10.7. The minimum atomic E-state index is -0.484. The highest BCUT2D eigenvalue weighted by Gasteiger charge is 2.04. The number of carbonyl (C=O) groups is 1. The van der Waals surface area contributed by atoms with Gasteiger partial charge in [-0.05, 0) is 12.0 Å². The molecule has 18 heavy (non-hydrogen) atoms. The Morgan fingerprint density at radius 3 is 2.33 bits per heavy atom. The summed E-state index contributed by atoms with van der Waals surface area (Å²) in [6, 6.07) is 6.20. The van der Waals surface area contributed by atoms with Gasteiger partial charge in [-0.2, -0.15) is 0 Å². The van der Waals surface area contributed by atoms with Crippen molar-refractivity contribution >= 4 is 11.8 Å². The number of nitrogens with zero attached hydrogens (tertiary/aromatic N) is 1. The summed E-state index contributed by atoms with van der Waals surface area (Å²) in [6.45, 7) is 4.44. The van der Waals surface area contributed by atoms with E-state index in [0.717, 1.165) is 5.56 Å². The van der Waals surface area contributed by atoms with Crippen LogP contribution < -0.4 is 5.32 Å². The zero-order valence-electron chi connectivity index (χ0n) is 10.8. The van der Waals surface area contributed by atoms with Gasteiger partial charge in [0.15, 0.2) is 0 Å². The van der Waals surface area contributed by atoms with Crippen molar-refractivity contribution in [2.45, 2.75) is 20.3 Å². The summed E-state index contributed by atoms with van der Waals surface area (Å²) >= 11 is 0. The van der Waals surface area contributed by atoms with Crippen molar-refractivity contribution in [3.8, 4) is 0 Å². The van der Waals surface area contributed by atoms with Crippen molar-refractivity contribution in [3.63, 3.8) is 0 Å². The molecule has 0 atom stereocenters. The highest BCUT2D eigenvalue weighted by Crippen LogP contribution is 2.11. The molecule has 6 heteroatoms. The summed E-state index contributed by atoms with van der Waals surface area (Å²) in [5.74, 6) is 0. The smallest absolute Gasteiger partial charge is 0.406 e. The van der Waals surface area contributed by atoms with Gasteiger partial charge in [0.25, 0.3) is 5.69 Å². The van der Waals surface area contributed by atoms with Gasteiger partial charge < -0.3 is 10.1 Å². The van der Waals surface area contributed by atoms with Crippen LogP contribution >= 0.6 is 0 Å². The van der Waals surface area contributed by atoms with E-state index in [-0.39, 0.29) is 5.69 Å². The van der Waals surface area contributed by atoms with Crippen LogP contribution in [0.5, 0.6) is 0 Å². The Balaban J connectivity index is 0.00000137. The van der Waals surface area contributed by atoms with E-state index in [1.165, 1.54) is 19.2 Å². The third kappa shape index (κ3) is 5.83. The van der Waals surface area contributed by atoms with E-state index < -0.39 is 11.0 Å². The summed E-state index contributed by atoms with van der Waals surface area (Å²) in [5.41, 5.74) is 0.978. The normalized spacial score (nSPS) is 8.83. The second-order valence-electron chi connectivity index (χ2n) is 3.09. The minimum Gasteiger partial charge on any atom is -0.453 e. The first kappa shape index (κ1) is 15.9. The topological polar surface area (TPSA) is 81.5 Å². The average Bonchev–Trinajstić information content (AvgIpc) is 2.41. The number of carbonyl (C=O) groups excluding carboxylic acids is 1. The van der Waals surface area contributed by atoms with Gasteiger partial charge in [0.2, 0.25) is 0 Å². The summed E-state index contributed by atoms with van der Waals surface area (Å²) in [7, 11) is 1.29. The number of benzene rings is 1. The largest absolute Gasteiger partial charge is 0.453 e. The Bertz CT molecular complexity index is 376.